The smallest absolute Gasteiger partial charge is 0.321 e. The first-order valence-electron chi connectivity index (χ1n) is 7.28. The van der Waals surface area contributed by atoms with E-state index in [9.17, 15) is 4.79 Å². The number of carbonyl (C=O) groups excluding carboxylic acids is 1. The number of hydrogen-bond donors (Lipinski definition) is 2. The molecule has 1 aromatic rings. The van der Waals surface area contributed by atoms with Crippen LogP contribution in [0.3, 0.4) is 0 Å². The van der Waals surface area contributed by atoms with Crippen molar-refractivity contribution < 1.29 is 4.79 Å². The van der Waals surface area contributed by atoms with Crippen LogP contribution >= 0.6 is 0 Å². The van der Waals surface area contributed by atoms with Crippen LogP contribution in [0, 0.1) is 16.7 Å². The molecule has 0 atom stereocenters. The van der Waals surface area contributed by atoms with E-state index in [4.69, 9.17) is 5.26 Å². The summed E-state index contributed by atoms with van der Waals surface area (Å²) in [5, 5.41) is 14.8. The van der Waals surface area contributed by atoms with Gasteiger partial charge in [0, 0.05) is 37.4 Å². The molecule has 1 aliphatic rings. The van der Waals surface area contributed by atoms with Gasteiger partial charge in [0.2, 0.25) is 0 Å². The molecule has 0 aromatic heterocycles. The van der Waals surface area contributed by atoms with Gasteiger partial charge in [0.1, 0.15) is 0 Å². The number of hydrogen-bond acceptors (Lipinski definition) is 3. The molecule has 1 saturated heterocycles. The highest BCUT2D eigenvalue weighted by molar-refractivity contribution is 5.94. The van der Waals surface area contributed by atoms with Crippen LogP contribution in [-0.4, -0.2) is 25.7 Å². The minimum Gasteiger partial charge on any atom is -0.385 e. The molecule has 0 radical (unpaired) electrons. The zero-order chi connectivity index (χ0) is 15.3. The summed E-state index contributed by atoms with van der Waals surface area (Å²) in [5.41, 5.74) is 2.03. The van der Waals surface area contributed by atoms with E-state index in [1.807, 2.05) is 24.3 Å². The fourth-order valence-electron chi connectivity index (χ4n) is 2.30. The molecule has 1 fully saturated rings. The maximum absolute atomic E-state index is 11.6. The normalized spacial score (nSPS) is 14.7. The van der Waals surface area contributed by atoms with Crippen LogP contribution in [0.5, 0.6) is 0 Å². The molecular weight excluding hydrogens is 264 g/mol. The van der Waals surface area contributed by atoms with Crippen molar-refractivity contribution in [3.05, 3.63) is 24.3 Å². The highest BCUT2D eigenvalue weighted by Gasteiger charge is 2.21. The van der Waals surface area contributed by atoms with Crippen LogP contribution in [0.25, 0.3) is 0 Å². The number of nitrogens with zero attached hydrogens (tertiary/aromatic N) is 2. The van der Waals surface area contributed by atoms with Crippen molar-refractivity contribution >= 4 is 17.4 Å². The number of benzene rings is 1. The molecule has 0 spiro atoms. The number of rotatable bonds is 6. The highest BCUT2D eigenvalue weighted by atomic mass is 16.2. The minimum atomic E-state index is -0.0339. The largest absolute Gasteiger partial charge is 0.385 e. The topological polar surface area (TPSA) is 68.2 Å². The van der Waals surface area contributed by atoms with Gasteiger partial charge in [-0.2, -0.15) is 5.26 Å². The van der Waals surface area contributed by atoms with E-state index < -0.39 is 0 Å². The van der Waals surface area contributed by atoms with Gasteiger partial charge in [-0.15, -0.1) is 0 Å². The fraction of sp³-hybridized carbons (Fsp3) is 0.500. The molecule has 0 aliphatic carbocycles. The lowest BCUT2D eigenvalue weighted by Crippen LogP contribution is -2.27. The van der Waals surface area contributed by atoms with Crippen LogP contribution in [0.15, 0.2) is 24.3 Å². The third kappa shape index (κ3) is 4.12. The van der Waals surface area contributed by atoms with E-state index in [0.29, 0.717) is 19.5 Å². The molecular formula is C16H22N4O. The number of urea groups is 1. The Morgan fingerprint density at radius 1 is 1.38 bits per heavy atom. The first-order valence-corrected chi connectivity index (χ1v) is 7.28. The summed E-state index contributed by atoms with van der Waals surface area (Å²) in [6, 6.07) is 10.0. The molecule has 0 unspecified atom stereocenters. The number of amides is 2. The Morgan fingerprint density at radius 2 is 2.10 bits per heavy atom. The summed E-state index contributed by atoms with van der Waals surface area (Å²) in [6.07, 6.45) is 1.46. The molecule has 1 aromatic carbocycles. The van der Waals surface area contributed by atoms with Crippen LogP contribution in [0.2, 0.25) is 0 Å². The van der Waals surface area contributed by atoms with Crippen molar-refractivity contribution in [1.82, 2.24) is 5.32 Å². The average molecular weight is 286 g/mol. The molecule has 2 N–H and O–H groups in total. The molecule has 112 valence electrons. The second-order valence-corrected chi connectivity index (χ2v) is 6.11. The quantitative estimate of drug-likeness (QED) is 0.844. The van der Waals surface area contributed by atoms with Crippen molar-refractivity contribution in [3.8, 4) is 6.07 Å². The van der Waals surface area contributed by atoms with Gasteiger partial charge in [0.15, 0.2) is 0 Å². The fourth-order valence-corrected chi connectivity index (χ4v) is 2.30. The molecule has 21 heavy (non-hydrogen) atoms. The van der Waals surface area contributed by atoms with Crippen molar-refractivity contribution in [3.63, 3.8) is 0 Å². The van der Waals surface area contributed by atoms with Crippen molar-refractivity contribution in [2.75, 3.05) is 29.9 Å². The predicted octanol–water partition coefficient (Wildman–Crippen LogP) is 2.96. The van der Waals surface area contributed by atoms with E-state index in [-0.39, 0.29) is 11.4 Å². The molecule has 5 nitrogen and oxygen atoms in total. The van der Waals surface area contributed by atoms with Gasteiger partial charge >= 0.3 is 6.03 Å². The summed E-state index contributed by atoms with van der Waals surface area (Å²) in [7, 11) is 0. The summed E-state index contributed by atoms with van der Waals surface area (Å²) in [5.74, 6) is 0. The number of nitrogens with one attached hydrogen (secondary N) is 2. The molecule has 0 saturated carbocycles. The predicted molar refractivity (Wildman–Crippen MR) is 84.3 cm³/mol. The van der Waals surface area contributed by atoms with Gasteiger partial charge in [-0.25, -0.2) is 4.79 Å². The second kappa shape index (κ2) is 6.49. The van der Waals surface area contributed by atoms with Crippen molar-refractivity contribution in [2.24, 2.45) is 5.41 Å². The maximum Gasteiger partial charge on any atom is 0.321 e. The van der Waals surface area contributed by atoms with Crippen molar-refractivity contribution in [1.29, 1.82) is 5.26 Å². The Kier molecular flexibility index (Phi) is 4.69. The van der Waals surface area contributed by atoms with Gasteiger partial charge < -0.3 is 10.6 Å². The summed E-state index contributed by atoms with van der Waals surface area (Å²) in [6.45, 7) is 6.54. The lowest BCUT2D eigenvalue weighted by molar-refractivity contribution is 0.252. The van der Waals surface area contributed by atoms with Gasteiger partial charge in [0.05, 0.1) is 6.07 Å². The summed E-state index contributed by atoms with van der Waals surface area (Å²) in [4.78, 5) is 13.3. The zero-order valence-electron chi connectivity index (χ0n) is 12.6. The second-order valence-electron chi connectivity index (χ2n) is 6.11. The third-order valence-electron chi connectivity index (χ3n) is 3.72. The minimum absolute atomic E-state index is 0.0339. The molecule has 2 amide bonds. The Bertz CT molecular complexity index is 530. The summed E-state index contributed by atoms with van der Waals surface area (Å²) < 4.78 is 0. The van der Waals surface area contributed by atoms with Crippen LogP contribution < -0.4 is 15.5 Å². The van der Waals surface area contributed by atoms with Gasteiger partial charge in [-0.3, -0.25) is 4.90 Å². The first kappa shape index (κ1) is 15.2. The number of carbonyl (C=O) groups is 1. The van der Waals surface area contributed by atoms with Gasteiger partial charge in [-0.05, 0) is 36.1 Å². The number of anilines is 2. The van der Waals surface area contributed by atoms with E-state index in [1.165, 1.54) is 0 Å². The van der Waals surface area contributed by atoms with E-state index in [0.717, 1.165) is 24.3 Å². The highest BCUT2D eigenvalue weighted by Crippen LogP contribution is 2.24. The van der Waals surface area contributed by atoms with Crippen molar-refractivity contribution in [2.45, 2.75) is 26.7 Å². The maximum atomic E-state index is 11.6. The molecule has 2 rings (SSSR count). The zero-order valence-corrected chi connectivity index (χ0v) is 12.6. The Balaban J connectivity index is 1.91. The molecule has 0 bridgehead atoms. The SMILES string of the molecule is CC(C)(CCC#N)CNc1ccc(N2CCNC2=O)cc1. The Morgan fingerprint density at radius 3 is 2.67 bits per heavy atom. The van der Waals surface area contributed by atoms with Crippen LogP contribution in [0.1, 0.15) is 26.7 Å². The van der Waals surface area contributed by atoms with Crippen LogP contribution in [0.4, 0.5) is 16.2 Å². The number of nitriles is 1. The molecule has 1 heterocycles. The van der Waals surface area contributed by atoms with E-state index in [1.54, 1.807) is 4.90 Å². The summed E-state index contributed by atoms with van der Waals surface area (Å²) >= 11 is 0. The van der Waals surface area contributed by atoms with E-state index >= 15 is 0 Å². The molecule has 5 heteroatoms. The molecule has 1 aliphatic heterocycles. The lowest BCUT2D eigenvalue weighted by atomic mass is 9.88. The first-order chi connectivity index (χ1) is 10.0. The van der Waals surface area contributed by atoms with Crippen LogP contribution in [-0.2, 0) is 0 Å². The standard InChI is InChI=1S/C16H22N4O/c1-16(2,8-3-9-17)12-19-13-4-6-14(7-5-13)20-11-10-18-15(20)21/h4-7,19H,3,8,10-12H2,1-2H3,(H,18,21). The monoisotopic (exact) mass is 286 g/mol. The van der Waals surface area contributed by atoms with Gasteiger partial charge in [0.25, 0.3) is 0 Å². The lowest BCUT2D eigenvalue weighted by Gasteiger charge is -2.24. The van der Waals surface area contributed by atoms with Gasteiger partial charge in [-0.1, -0.05) is 13.8 Å². The Labute approximate surface area is 125 Å². The average Bonchev–Trinajstić information content (AvgIpc) is 2.90. The van der Waals surface area contributed by atoms with E-state index in [2.05, 4.69) is 30.6 Å². The Hall–Kier alpha value is -2.22. The third-order valence-corrected chi connectivity index (χ3v) is 3.72.